The Bertz CT molecular complexity index is 574. The first-order valence-electron chi connectivity index (χ1n) is 6.54. The molecular weight excluding hydrogens is 260 g/mol. The lowest BCUT2D eigenvalue weighted by Crippen LogP contribution is -2.56. The smallest absolute Gasteiger partial charge is 0.246 e. The van der Waals surface area contributed by atoms with Gasteiger partial charge < -0.3 is 14.9 Å². The minimum atomic E-state index is -0.143. The summed E-state index contributed by atoms with van der Waals surface area (Å²) in [5.41, 5.74) is 0.669. The minimum absolute atomic E-state index is 0.0324. The molecule has 0 radical (unpaired) electrons. The Labute approximate surface area is 116 Å². The molecule has 3 heterocycles. The van der Waals surface area contributed by atoms with Crippen LogP contribution in [0.15, 0.2) is 18.9 Å². The molecule has 0 aromatic carbocycles. The molecule has 1 saturated heterocycles. The van der Waals surface area contributed by atoms with Gasteiger partial charge in [0.1, 0.15) is 0 Å². The van der Waals surface area contributed by atoms with Crippen molar-refractivity contribution in [1.82, 2.24) is 19.6 Å². The van der Waals surface area contributed by atoms with Crippen LogP contribution in [-0.2, 0) is 22.7 Å². The summed E-state index contributed by atoms with van der Waals surface area (Å²) in [5, 5.41) is 13.7. The molecule has 1 aromatic rings. The van der Waals surface area contributed by atoms with Crippen LogP contribution in [0.4, 0.5) is 0 Å². The zero-order chi connectivity index (χ0) is 14.3. The average Bonchev–Trinajstić information content (AvgIpc) is 2.78. The van der Waals surface area contributed by atoms with Crippen LogP contribution in [-0.4, -0.2) is 56.1 Å². The summed E-state index contributed by atoms with van der Waals surface area (Å²) in [4.78, 5) is 27.0. The first-order chi connectivity index (χ1) is 9.60. The second-order valence-electron chi connectivity index (χ2n) is 5.10. The Balaban J connectivity index is 1.62. The van der Waals surface area contributed by atoms with Gasteiger partial charge in [-0.05, 0) is 6.08 Å². The first-order valence-corrected chi connectivity index (χ1v) is 6.54. The lowest BCUT2D eigenvalue weighted by molar-refractivity contribution is -0.147. The largest absolute Gasteiger partial charge is 0.504 e. The Morgan fingerprint density at radius 2 is 2.10 bits per heavy atom. The third kappa shape index (κ3) is 1.95. The van der Waals surface area contributed by atoms with Gasteiger partial charge in [-0.1, -0.05) is 6.58 Å². The van der Waals surface area contributed by atoms with Crippen molar-refractivity contribution in [1.29, 1.82) is 0 Å². The van der Waals surface area contributed by atoms with E-state index in [-0.39, 0.29) is 23.5 Å². The van der Waals surface area contributed by atoms with Gasteiger partial charge in [0, 0.05) is 19.6 Å². The molecule has 3 rings (SSSR count). The van der Waals surface area contributed by atoms with E-state index < -0.39 is 0 Å². The van der Waals surface area contributed by atoms with Crippen molar-refractivity contribution in [2.45, 2.75) is 13.1 Å². The molecule has 7 heteroatoms. The van der Waals surface area contributed by atoms with Crippen LogP contribution in [0, 0.1) is 5.92 Å². The molecule has 1 aromatic heterocycles. The van der Waals surface area contributed by atoms with Gasteiger partial charge in [-0.25, -0.2) is 0 Å². The number of aromatic nitrogens is 2. The van der Waals surface area contributed by atoms with Crippen LogP contribution in [0.3, 0.4) is 0 Å². The van der Waals surface area contributed by atoms with Gasteiger partial charge in [-0.2, -0.15) is 5.10 Å². The van der Waals surface area contributed by atoms with Gasteiger partial charge in [0.05, 0.1) is 30.9 Å². The molecule has 0 spiro atoms. The Kier molecular flexibility index (Phi) is 2.96. The lowest BCUT2D eigenvalue weighted by Gasteiger charge is -2.40. The maximum absolute atomic E-state index is 12.3. The number of fused-ring (bicyclic) bond motifs is 1. The van der Waals surface area contributed by atoms with Crippen LogP contribution in [0.5, 0.6) is 5.75 Å². The van der Waals surface area contributed by atoms with E-state index in [0.29, 0.717) is 38.4 Å². The van der Waals surface area contributed by atoms with Crippen LogP contribution < -0.4 is 0 Å². The molecule has 0 bridgehead atoms. The van der Waals surface area contributed by atoms with E-state index in [1.807, 2.05) is 0 Å². The van der Waals surface area contributed by atoms with Crippen molar-refractivity contribution < 1.29 is 14.7 Å². The van der Waals surface area contributed by atoms with Crippen molar-refractivity contribution in [3.05, 3.63) is 24.5 Å². The van der Waals surface area contributed by atoms with Gasteiger partial charge in [-0.3, -0.25) is 14.3 Å². The lowest BCUT2D eigenvalue weighted by atomic mass is 9.98. The van der Waals surface area contributed by atoms with Gasteiger partial charge in [0.25, 0.3) is 0 Å². The number of hydrogen-bond acceptors (Lipinski definition) is 4. The van der Waals surface area contributed by atoms with Crippen LogP contribution in [0.1, 0.15) is 5.69 Å². The molecule has 0 aliphatic carbocycles. The Morgan fingerprint density at radius 3 is 2.80 bits per heavy atom. The number of nitrogens with zero attached hydrogens (tertiary/aromatic N) is 4. The first kappa shape index (κ1) is 12.7. The number of aromatic hydroxyl groups is 1. The molecule has 106 valence electrons. The average molecular weight is 276 g/mol. The Hall–Kier alpha value is -2.31. The van der Waals surface area contributed by atoms with Crippen molar-refractivity contribution in [3.8, 4) is 5.75 Å². The van der Waals surface area contributed by atoms with Gasteiger partial charge in [-0.15, -0.1) is 0 Å². The highest BCUT2D eigenvalue weighted by Gasteiger charge is 2.38. The van der Waals surface area contributed by atoms with Crippen molar-refractivity contribution >= 4 is 11.8 Å². The third-order valence-electron chi connectivity index (χ3n) is 3.88. The standard InChI is InChI=1S/C13H16N4O3/c1-2-12(19)16-6-9(7-16)13(20)15-3-4-17-10(8-15)11(18)5-14-17/h2,5,9,18H,1,3-4,6-8H2. The fraction of sp³-hybridized carbons (Fsp3) is 0.462. The molecule has 0 saturated carbocycles. The second kappa shape index (κ2) is 4.66. The number of carbonyl (C=O) groups excluding carboxylic acids is 2. The molecule has 2 aliphatic rings. The Morgan fingerprint density at radius 1 is 1.35 bits per heavy atom. The maximum atomic E-state index is 12.3. The SMILES string of the molecule is C=CC(=O)N1CC(C(=O)N2CCn3ncc(O)c3C2)C1. The third-order valence-corrected chi connectivity index (χ3v) is 3.88. The van der Waals surface area contributed by atoms with E-state index in [0.717, 1.165) is 0 Å². The van der Waals surface area contributed by atoms with E-state index in [1.54, 1.807) is 14.5 Å². The fourth-order valence-electron chi connectivity index (χ4n) is 2.62. The monoisotopic (exact) mass is 276 g/mol. The molecular formula is C13H16N4O3. The zero-order valence-corrected chi connectivity index (χ0v) is 11.0. The van der Waals surface area contributed by atoms with Crippen LogP contribution in [0.2, 0.25) is 0 Å². The second-order valence-corrected chi connectivity index (χ2v) is 5.10. The highest BCUT2D eigenvalue weighted by atomic mass is 16.3. The number of likely N-dealkylation sites (tertiary alicyclic amines) is 1. The van der Waals surface area contributed by atoms with Crippen LogP contribution in [0.25, 0.3) is 0 Å². The van der Waals surface area contributed by atoms with Gasteiger partial charge in [0.2, 0.25) is 11.8 Å². The molecule has 1 N–H and O–H groups in total. The van der Waals surface area contributed by atoms with E-state index in [1.165, 1.54) is 12.3 Å². The predicted octanol–water partition coefficient (Wildman–Crippen LogP) is -0.425. The molecule has 0 atom stereocenters. The molecule has 2 aliphatic heterocycles. The van der Waals surface area contributed by atoms with Crippen molar-refractivity contribution in [3.63, 3.8) is 0 Å². The summed E-state index contributed by atoms with van der Waals surface area (Å²) in [6, 6.07) is 0. The number of hydrogen-bond donors (Lipinski definition) is 1. The van der Waals surface area contributed by atoms with E-state index >= 15 is 0 Å². The number of amides is 2. The highest BCUT2D eigenvalue weighted by molar-refractivity contribution is 5.90. The molecule has 2 amide bonds. The predicted molar refractivity (Wildman–Crippen MR) is 69.6 cm³/mol. The molecule has 0 unspecified atom stereocenters. The number of rotatable bonds is 2. The normalized spacial score (nSPS) is 18.4. The summed E-state index contributed by atoms with van der Waals surface area (Å²) < 4.78 is 1.72. The topological polar surface area (TPSA) is 78.7 Å². The summed E-state index contributed by atoms with van der Waals surface area (Å²) in [6.45, 7) is 5.87. The summed E-state index contributed by atoms with van der Waals surface area (Å²) in [6.07, 6.45) is 2.66. The quantitative estimate of drug-likeness (QED) is 0.744. The molecule has 20 heavy (non-hydrogen) atoms. The van der Waals surface area contributed by atoms with Crippen LogP contribution >= 0.6 is 0 Å². The van der Waals surface area contributed by atoms with Gasteiger partial charge in [0.15, 0.2) is 5.75 Å². The summed E-state index contributed by atoms with van der Waals surface area (Å²) in [7, 11) is 0. The van der Waals surface area contributed by atoms with E-state index in [9.17, 15) is 14.7 Å². The number of carbonyl (C=O) groups is 2. The van der Waals surface area contributed by atoms with Crippen molar-refractivity contribution in [2.75, 3.05) is 19.6 Å². The molecule has 1 fully saturated rings. The van der Waals surface area contributed by atoms with E-state index in [4.69, 9.17) is 0 Å². The summed E-state index contributed by atoms with van der Waals surface area (Å²) >= 11 is 0. The fourth-order valence-corrected chi connectivity index (χ4v) is 2.62. The van der Waals surface area contributed by atoms with Gasteiger partial charge >= 0.3 is 0 Å². The van der Waals surface area contributed by atoms with E-state index in [2.05, 4.69) is 11.7 Å². The highest BCUT2D eigenvalue weighted by Crippen LogP contribution is 2.25. The summed E-state index contributed by atoms with van der Waals surface area (Å²) in [5.74, 6) is -0.122. The maximum Gasteiger partial charge on any atom is 0.246 e. The zero-order valence-electron chi connectivity index (χ0n) is 11.0. The van der Waals surface area contributed by atoms with Crippen molar-refractivity contribution in [2.24, 2.45) is 5.92 Å². The molecule has 7 nitrogen and oxygen atoms in total. The minimum Gasteiger partial charge on any atom is -0.504 e.